The van der Waals surface area contributed by atoms with E-state index in [2.05, 4.69) is 9.97 Å². The summed E-state index contributed by atoms with van der Waals surface area (Å²) < 4.78 is 40.1. The van der Waals surface area contributed by atoms with Crippen LogP contribution in [0.3, 0.4) is 0 Å². The van der Waals surface area contributed by atoms with Gasteiger partial charge in [0.25, 0.3) is 0 Å². The Labute approximate surface area is 132 Å². The number of halogens is 3. The van der Waals surface area contributed by atoms with Gasteiger partial charge in [0.15, 0.2) is 0 Å². The quantitative estimate of drug-likeness (QED) is 0.871. The Morgan fingerprint density at radius 3 is 2.39 bits per heavy atom. The van der Waals surface area contributed by atoms with E-state index in [1.54, 1.807) is 13.0 Å². The normalized spacial score (nSPS) is 16.0. The van der Waals surface area contributed by atoms with Crippen molar-refractivity contribution in [3.8, 4) is 11.1 Å². The third kappa shape index (κ3) is 3.02. The lowest BCUT2D eigenvalue weighted by atomic mass is 9.91. The lowest BCUT2D eigenvalue weighted by Crippen LogP contribution is -2.12. The summed E-state index contributed by atoms with van der Waals surface area (Å²) in [5.74, 6) is 0.768. The number of aryl methyl sites for hydroxylation is 1. The summed E-state index contributed by atoms with van der Waals surface area (Å²) in [6, 6.07) is 5.49. The zero-order valence-corrected chi connectivity index (χ0v) is 12.8. The number of alkyl halides is 3. The molecule has 122 valence electrons. The van der Waals surface area contributed by atoms with Gasteiger partial charge in [-0.05, 0) is 31.4 Å². The average Bonchev–Trinajstić information content (AvgIpc) is 2.99. The third-order valence-electron chi connectivity index (χ3n) is 4.32. The van der Waals surface area contributed by atoms with Gasteiger partial charge >= 0.3 is 6.18 Å². The van der Waals surface area contributed by atoms with Gasteiger partial charge in [-0.15, -0.1) is 0 Å². The first-order valence-corrected chi connectivity index (χ1v) is 7.68. The highest BCUT2D eigenvalue weighted by atomic mass is 19.4. The molecule has 0 spiro atoms. The Bertz CT molecular complexity index is 720. The van der Waals surface area contributed by atoms with Crippen molar-refractivity contribution >= 4 is 5.82 Å². The predicted molar refractivity (Wildman–Crippen MR) is 82.8 cm³/mol. The lowest BCUT2D eigenvalue weighted by molar-refractivity contribution is -0.137. The molecule has 6 heteroatoms. The van der Waals surface area contributed by atoms with Crippen LogP contribution in [0, 0.1) is 6.92 Å². The van der Waals surface area contributed by atoms with Crippen molar-refractivity contribution in [3.63, 3.8) is 0 Å². The van der Waals surface area contributed by atoms with E-state index in [4.69, 9.17) is 5.73 Å². The molecule has 3 nitrogen and oxygen atoms in total. The van der Waals surface area contributed by atoms with E-state index in [-0.39, 0.29) is 17.3 Å². The van der Waals surface area contributed by atoms with Crippen LogP contribution in [0.4, 0.5) is 19.0 Å². The van der Waals surface area contributed by atoms with Crippen LogP contribution in [0.2, 0.25) is 0 Å². The second kappa shape index (κ2) is 5.83. The molecule has 2 N–H and O–H groups in total. The summed E-state index contributed by atoms with van der Waals surface area (Å²) in [5.41, 5.74) is 6.39. The number of aromatic nitrogens is 2. The Kier molecular flexibility index (Phi) is 4.00. The van der Waals surface area contributed by atoms with Crippen molar-refractivity contribution < 1.29 is 13.2 Å². The van der Waals surface area contributed by atoms with Crippen molar-refractivity contribution in [2.45, 2.75) is 44.7 Å². The molecule has 0 radical (unpaired) electrons. The maximum absolute atomic E-state index is 13.4. The summed E-state index contributed by atoms with van der Waals surface area (Å²) in [7, 11) is 0. The molecule has 0 saturated heterocycles. The zero-order chi connectivity index (χ0) is 16.6. The Hall–Kier alpha value is -2.11. The molecule has 1 saturated carbocycles. The van der Waals surface area contributed by atoms with E-state index in [0.717, 1.165) is 31.7 Å². The fourth-order valence-corrected chi connectivity index (χ4v) is 3.34. The van der Waals surface area contributed by atoms with E-state index < -0.39 is 11.7 Å². The number of hydrogen-bond acceptors (Lipinski definition) is 3. The van der Waals surface area contributed by atoms with Gasteiger partial charge in [0.2, 0.25) is 0 Å². The number of anilines is 1. The van der Waals surface area contributed by atoms with Crippen LogP contribution in [0.25, 0.3) is 11.1 Å². The Morgan fingerprint density at radius 2 is 1.74 bits per heavy atom. The molecule has 2 aromatic rings. The number of nitrogens with zero attached hydrogens (tertiary/aromatic N) is 2. The van der Waals surface area contributed by atoms with Gasteiger partial charge in [-0.3, -0.25) is 0 Å². The largest absolute Gasteiger partial charge is 0.417 e. The second-order valence-electron chi connectivity index (χ2n) is 5.94. The van der Waals surface area contributed by atoms with Gasteiger partial charge in [-0.1, -0.05) is 31.0 Å². The highest BCUT2D eigenvalue weighted by molar-refractivity contribution is 5.79. The highest BCUT2D eigenvalue weighted by Gasteiger charge is 2.35. The average molecular weight is 321 g/mol. The number of benzene rings is 1. The Balaban J connectivity index is 2.24. The van der Waals surface area contributed by atoms with E-state index >= 15 is 0 Å². The number of nitrogen functional groups attached to an aromatic ring is 1. The first-order valence-electron chi connectivity index (χ1n) is 7.68. The molecular weight excluding hydrogens is 303 g/mol. The molecule has 1 aromatic carbocycles. The van der Waals surface area contributed by atoms with Crippen LogP contribution >= 0.6 is 0 Å². The molecule has 1 aliphatic carbocycles. The molecule has 23 heavy (non-hydrogen) atoms. The number of rotatable bonds is 2. The van der Waals surface area contributed by atoms with E-state index in [9.17, 15) is 13.2 Å². The molecule has 1 aromatic heterocycles. The van der Waals surface area contributed by atoms with Crippen LogP contribution in [-0.2, 0) is 6.18 Å². The summed E-state index contributed by atoms with van der Waals surface area (Å²) >= 11 is 0. The maximum atomic E-state index is 13.4. The molecule has 0 atom stereocenters. The predicted octanol–water partition coefficient (Wildman–Crippen LogP) is 4.71. The highest BCUT2D eigenvalue weighted by Crippen LogP contribution is 2.44. The van der Waals surface area contributed by atoms with Gasteiger partial charge in [0.05, 0.1) is 11.3 Å². The third-order valence-corrected chi connectivity index (χ3v) is 4.32. The first kappa shape index (κ1) is 15.8. The molecule has 3 rings (SSSR count). The molecule has 0 aliphatic heterocycles. The minimum Gasteiger partial charge on any atom is -0.383 e. The molecule has 1 aliphatic rings. The maximum Gasteiger partial charge on any atom is 0.417 e. The molecule has 1 heterocycles. The van der Waals surface area contributed by atoms with Gasteiger partial charge in [0, 0.05) is 11.5 Å². The zero-order valence-electron chi connectivity index (χ0n) is 12.8. The second-order valence-corrected chi connectivity index (χ2v) is 5.94. The fraction of sp³-hybridized carbons (Fsp3) is 0.412. The fourth-order valence-electron chi connectivity index (χ4n) is 3.34. The van der Waals surface area contributed by atoms with E-state index in [1.807, 2.05) is 0 Å². The van der Waals surface area contributed by atoms with Crippen LogP contribution in [0.5, 0.6) is 0 Å². The number of hydrogen-bond donors (Lipinski definition) is 1. The Morgan fingerprint density at radius 1 is 1.09 bits per heavy atom. The van der Waals surface area contributed by atoms with Crippen molar-refractivity contribution in [2.24, 2.45) is 0 Å². The standard InChI is InChI=1S/C17H18F3N3/c1-10-22-15(11-6-2-3-7-11)14(16(21)23-10)12-8-4-5-9-13(12)17(18,19)20/h4-5,8-9,11H,2-3,6-7H2,1H3,(H2,21,22,23). The summed E-state index contributed by atoms with van der Waals surface area (Å²) in [6.07, 6.45) is -0.461. The molecule has 1 fully saturated rings. The SMILES string of the molecule is Cc1nc(N)c(-c2ccccc2C(F)(F)F)c(C2CCCC2)n1. The minimum atomic E-state index is -4.44. The van der Waals surface area contributed by atoms with E-state index in [1.165, 1.54) is 12.1 Å². The molecule has 0 bridgehead atoms. The summed E-state index contributed by atoms with van der Waals surface area (Å²) in [5, 5.41) is 0. The van der Waals surface area contributed by atoms with Crippen LogP contribution < -0.4 is 5.73 Å². The monoisotopic (exact) mass is 321 g/mol. The smallest absolute Gasteiger partial charge is 0.383 e. The van der Waals surface area contributed by atoms with E-state index in [0.29, 0.717) is 17.1 Å². The molecular formula is C17H18F3N3. The van der Waals surface area contributed by atoms with Gasteiger partial charge in [0.1, 0.15) is 11.6 Å². The topological polar surface area (TPSA) is 51.8 Å². The lowest BCUT2D eigenvalue weighted by Gasteiger charge is -2.20. The summed E-state index contributed by atoms with van der Waals surface area (Å²) in [6.45, 7) is 1.72. The van der Waals surface area contributed by atoms with Gasteiger partial charge in [-0.25, -0.2) is 9.97 Å². The first-order chi connectivity index (χ1) is 10.9. The minimum absolute atomic E-state index is 0.0689. The van der Waals surface area contributed by atoms with Crippen LogP contribution in [-0.4, -0.2) is 9.97 Å². The van der Waals surface area contributed by atoms with Crippen LogP contribution in [0.1, 0.15) is 48.7 Å². The van der Waals surface area contributed by atoms with Crippen molar-refractivity contribution in [2.75, 3.05) is 5.73 Å². The molecule has 0 amide bonds. The van der Waals surface area contributed by atoms with Crippen molar-refractivity contribution in [1.29, 1.82) is 0 Å². The summed E-state index contributed by atoms with van der Waals surface area (Å²) in [4.78, 5) is 8.56. The van der Waals surface area contributed by atoms with Crippen molar-refractivity contribution in [3.05, 3.63) is 41.3 Å². The molecule has 0 unspecified atom stereocenters. The van der Waals surface area contributed by atoms with Crippen molar-refractivity contribution in [1.82, 2.24) is 9.97 Å². The van der Waals surface area contributed by atoms with Gasteiger partial charge in [-0.2, -0.15) is 13.2 Å². The van der Waals surface area contributed by atoms with Gasteiger partial charge < -0.3 is 5.73 Å². The number of nitrogens with two attached hydrogens (primary N) is 1. The van der Waals surface area contributed by atoms with Crippen LogP contribution in [0.15, 0.2) is 24.3 Å².